The molecule has 0 spiro atoms. The molecule has 0 aromatic carbocycles. The van der Waals surface area contributed by atoms with Crippen LogP contribution in [0.1, 0.15) is 37.1 Å². The smallest absolute Gasteiger partial charge is 0.407 e. The van der Waals surface area contributed by atoms with Crippen molar-refractivity contribution in [1.29, 1.82) is 0 Å². The van der Waals surface area contributed by atoms with Gasteiger partial charge in [0.25, 0.3) is 0 Å². The number of hydrogen-bond donors (Lipinski definition) is 2. The van der Waals surface area contributed by atoms with Crippen LogP contribution in [0, 0.1) is 6.92 Å². The number of carbonyl (C=O) groups is 2. The van der Waals surface area contributed by atoms with E-state index < -0.39 is 11.7 Å². The van der Waals surface area contributed by atoms with E-state index in [9.17, 15) is 9.59 Å². The lowest BCUT2D eigenvalue weighted by atomic mass is 10.2. The summed E-state index contributed by atoms with van der Waals surface area (Å²) in [7, 11) is 0. The highest BCUT2D eigenvalue weighted by atomic mass is 32.1. The van der Waals surface area contributed by atoms with Gasteiger partial charge in [-0.3, -0.25) is 4.79 Å². The van der Waals surface area contributed by atoms with Gasteiger partial charge in [-0.15, -0.1) is 22.7 Å². The van der Waals surface area contributed by atoms with Crippen molar-refractivity contribution in [2.24, 2.45) is 0 Å². The van der Waals surface area contributed by atoms with Gasteiger partial charge in [-0.1, -0.05) is 0 Å². The second-order valence-corrected chi connectivity index (χ2v) is 9.03. The molecule has 2 aromatic heterocycles. The summed E-state index contributed by atoms with van der Waals surface area (Å²) < 4.78 is 5.11. The summed E-state index contributed by atoms with van der Waals surface area (Å²) in [4.78, 5) is 30.2. The van der Waals surface area contributed by atoms with E-state index in [0.29, 0.717) is 6.54 Å². The molecule has 0 atom stereocenters. The Labute approximate surface area is 162 Å². The highest BCUT2D eigenvalue weighted by Crippen LogP contribution is 2.29. The van der Waals surface area contributed by atoms with Crippen LogP contribution in [0.2, 0.25) is 0 Å². The lowest BCUT2D eigenvalue weighted by Crippen LogP contribution is -2.35. The van der Waals surface area contributed by atoms with Crippen molar-refractivity contribution >= 4 is 34.7 Å². The predicted molar refractivity (Wildman–Crippen MR) is 106 cm³/mol. The van der Waals surface area contributed by atoms with Gasteiger partial charge in [-0.2, -0.15) is 0 Å². The topological polar surface area (TPSA) is 80.3 Å². The molecule has 0 aliphatic rings. The van der Waals surface area contributed by atoms with Gasteiger partial charge in [0, 0.05) is 29.8 Å². The van der Waals surface area contributed by atoms with Gasteiger partial charge in [0.1, 0.15) is 5.60 Å². The molecule has 2 heterocycles. The molecule has 0 saturated carbocycles. The highest BCUT2D eigenvalue weighted by Gasteiger charge is 2.15. The zero-order valence-corrected chi connectivity index (χ0v) is 17.2. The fourth-order valence-corrected chi connectivity index (χ4v) is 3.79. The second-order valence-electron chi connectivity index (χ2n) is 6.80. The van der Waals surface area contributed by atoms with E-state index in [1.54, 1.807) is 43.4 Å². The van der Waals surface area contributed by atoms with Crippen molar-refractivity contribution in [1.82, 2.24) is 15.6 Å². The summed E-state index contributed by atoms with van der Waals surface area (Å²) in [5, 5.41) is 8.56. The molecule has 26 heavy (non-hydrogen) atoms. The molecule has 8 heteroatoms. The third kappa shape index (κ3) is 7.13. The molecule has 0 fully saturated rings. The molecule has 142 valence electrons. The van der Waals surface area contributed by atoms with Gasteiger partial charge >= 0.3 is 6.09 Å². The number of aromatic nitrogens is 1. The number of alkyl carbamates (subject to hydrolysis) is 1. The second kappa shape index (κ2) is 9.14. The molecular formula is C18H25N3O3S2. The molecule has 2 amide bonds. The highest BCUT2D eigenvalue weighted by molar-refractivity contribution is 7.16. The minimum atomic E-state index is -0.539. The molecule has 0 aliphatic carbocycles. The quantitative estimate of drug-likeness (QED) is 0.748. The van der Waals surface area contributed by atoms with Crippen LogP contribution in [0.5, 0.6) is 0 Å². The maximum absolute atomic E-state index is 11.8. The number of amides is 2. The minimum absolute atomic E-state index is 0.0898. The third-order valence-corrected chi connectivity index (χ3v) is 5.19. The zero-order chi connectivity index (χ0) is 19.2. The van der Waals surface area contributed by atoms with E-state index in [0.717, 1.165) is 22.0 Å². The Morgan fingerprint density at radius 2 is 1.96 bits per heavy atom. The summed E-state index contributed by atoms with van der Waals surface area (Å²) >= 11 is 3.34. The molecule has 6 nitrogen and oxygen atoms in total. The summed E-state index contributed by atoms with van der Waals surface area (Å²) in [6, 6.07) is 4.14. The van der Waals surface area contributed by atoms with Gasteiger partial charge < -0.3 is 15.4 Å². The van der Waals surface area contributed by atoms with Crippen LogP contribution in [0.25, 0.3) is 10.6 Å². The SMILES string of the molecule is Cc1nc(-c2ccc(CCNC(=O)CCNC(=O)OC(C)(C)C)s2)cs1. The molecule has 2 rings (SSSR count). The molecule has 0 aliphatic heterocycles. The van der Waals surface area contributed by atoms with E-state index in [4.69, 9.17) is 4.74 Å². The molecule has 2 N–H and O–H groups in total. The van der Waals surface area contributed by atoms with Crippen molar-refractivity contribution in [3.05, 3.63) is 27.4 Å². The van der Waals surface area contributed by atoms with Crippen LogP contribution in [0.3, 0.4) is 0 Å². The summed E-state index contributed by atoms with van der Waals surface area (Å²) in [6.45, 7) is 8.21. The Bertz CT molecular complexity index is 747. The average Bonchev–Trinajstić information content (AvgIpc) is 3.14. The van der Waals surface area contributed by atoms with Crippen molar-refractivity contribution in [2.45, 2.75) is 46.1 Å². The molecule has 0 radical (unpaired) electrons. The van der Waals surface area contributed by atoms with E-state index in [2.05, 4.69) is 33.1 Å². The van der Waals surface area contributed by atoms with Crippen molar-refractivity contribution < 1.29 is 14.3 Å². The monoisotopic (exact) mass is 395 g/mol. The lowest BCUT2D eigenvalue weighted by Gasteiger charge is -2.19. The van der Waals surface area contributed by atoms with E-state index >= 15 is 0 Å². The van der Waals surface area contributed by atoms with Crippen LogP contribution >= 0.6 is 22.7 Å². The lowest BCUT2D eigenvalue weighted by molar-refractivity contribution is -0.120. The third-order valence-electron chi connectivity index (χ3n) is 3.25. The normalized spacial score (nSPS) is 11.2. The fraction of sp³-hybridized carbons (Fsp3) is 0.500. The Balaban J connectivity index is 1.64. The molecular weight excluding hydrogens is 370 g/mol. The Morgan fingerprint density at radius 3 is 2.62 bits per heavy atom. The van der Waals surface area contributed by atoms with E-state index in [-0.39, 0.29) is 18.9 Å². The van der Waals surface area contributed by atoms with Crippen molar-refractivity contribution in [3.8, 4) is 10.6 Å². The molecule has 0 bridgehead atoms. The standard InChI is InChI=1S/C18H25N3O3S2/c1-12-21-14(11-25-12)15-6-5-13(26-15)7-9-19-16(22)8-10-20-17(23)24-18(2,3)4/h5-6,11H,7-10H2,1-4H3,(H,19,22)(H,20,23). The van der Waals surface area contributed by atoms with Crippen molar-refractivity contribution in [2.75, 3.05) is 13.1 Å². The number of hydrogen-bond acceptors (Lipinski definition) is 6. The summed E-state index contributed by atoms with van der Waals surface area (Å²) in [5.74, 6) is -0.0898. The predicted octanol–water partition coefficient (Wildman–Crippen LogP) is 3.75. The largest absolute Gasteiger partial charge is 0.444 e. The number of ether oxygens (including phenoxy) is 1. The molecule has 0 unspecified atom stereocenters. The minimum Gasteiger partial charge on any atom is -0.444 e. The van der Waals surface area contributed by atoms with Gasteiger partial charge in [-0.25, -0.2) is 9.78 Å². The van der Waals surface area contributed by atoms with Crippen molar-refractivity contribution in [3.63, 3.8) is 0 Å². The summed E-state index contributed by atoms with van der Waals surface area (Å²) in [5.41, 5.74) is 0.476. The first-order valence-corrected chi connectivity index (χ1v) is 10.2. The average molecular weight is 396 g/mol. The molecule has 0 saturated heterocycles. The number of aryl methyl sites for hydroxylation is 1. The molecule has 2 aromatic rings. The number of rotatable bonds is 7. The van der Waals surface area contributed by atoms with Crippen LogP contribution < -0.4 is 10.6 Å². The fourth-order valence-electron chi connectivity index (χ4n) is 2.13. The number of thiophene rings is 1. The first-order valence-electron chi connectivity index (χ1n) is 8.48. The van der Waals surface area contributed by atoms with E-state index in [1.807, 2.05) is 6.92 Å². The Hall–Kier alpha value is -1.93. The summed E-state index contributed by atoms with van der Waals surface area (Å²) in [6.07, 6.45) is 0.500. The van der Waals surface area contributed by atoms with Crippen LogP contribution in [-0.4, -0.2) is 35.7 Å². The van der Waals surface area contributed by atoms with Crippen LogP contribution in [0.15, 0.2) is 17.5 Å². The maximum Gasteiger partial charge on any atom is 0.407 e. The number of thiazole rings is 1. The number of carbonyl (C=O) groups excluding carboxylic acids is 2. The van der Waals surface area contributed by atoms with Crippen LogP contribution in [-0.2, 0) is 16.0 Å². The van der Waals surface area contributed by atoms with Gasteiger partial charge in [-0.05, 0) is 46.2 Å². The van der Waals surface area contributed by atoms with Gasteiger partial charge in [0.15, 0.2) is 0 Å². The maximum atomic E-state index is 11.8. The Kier molecular flexibility index (Phi) is 7.16. The van der Waals surface area contributed by atoms with Gasteiger partial charge in [0.2, 0.25) is 5.91 Å². The number of nitrogens with zero attached hydrogens (tertiary/aromatic N) is 1. The van der Waals surface area contributed by atoms with E-state index in [1.165, 1.54) is 4.88 Å². The Morgan fingerprint density at radius 1 is 1.19 bits per heavy atom. The first kappa shape index (κ1) is 20.4. The van der Waals surface area contributed by atoms with Gasteiger partial charge in [0.05, 0.1) is 15.6 Å². The van der Waals surface area contributed by atoms with Crippen LogP contribution in [0.4, 0.5) is 4.79 Å². The first-order chi connectivity index (χ1) is 12.2. The zero-order valence-electron chi connectivity index (χ0n) is 15.5. The number of nitrogens with one attached hydrogen (secondary N) is 2.